The number of carbonyl (C=O) groups is 2. The summed E-state index contributed by atoms with van der Waals surface area (Å²) in [5.74, 6) is 0.739. The second kappa shape index (κ2) is 8.59. The summed E-state index contributed by atoms with van der Waals surface area (Å²) in [5.41, 5.74) is 11.6. The average Bonchev–Trinajstić information content (AvgIpc) is 3.19. The lowest BCUT2D eigenvalue weighted by Gasteiger charge is -2.14. The number of hydrogen-bond donors (Lipinski definition) is 3. The number of anilines is 1. The zero-order chi connectivity index (χ0) is 19.2. The topological polar surface area (TPSA) is 133 Å². The van der Waals surface area contributed by atoms with Crippen molar-refractivity contribution in [3.8, 4) is 17.1 Å². The molecule has 1 heterocycles. The summed E-state index contributed by atoms with van der Waals surface area (Å²) in [7, 11) is 0. The maximum absolute atomic E-state index is 11.6. The molecule has 0 unspecified atom stereocenters. The number of aromatic nitrogens is 2. The van der Waals surface area contributed by atoms with E-state index < -0.39 is 11.9 Å². The zero-order valence-electron chi connectivity index (χ0n) is 14.9. The molecule has 142 valence electrons. The predicted molar refractivity (Wildman–Crippen MR) is 101 cm³/mol. The molecular weight excluding hydrogens is 346 g/mol. The number of hydrogen-bond acceptors (Lipinski definition) is 7. The molecule has 8 heteroatoms. The van der Waals surface area contributed by atoms with Crippen LogP contribution in [0.1, 0.15) is 36.2 Å². The number of aldehydes is 1. The van der Waals surface area contributed by atoms with Crippen LogP contribution >= 0.6 is 0 Å². The number of primary amides is 1. The van der Waals surface area contributed by atoms with Crippen LogP contribution in [0.2, 0.25) is 0 Å². The smallest absolute Gasteiger partial charge is 0.267 e. The van der Waals surface area contributed by atoms with Gasteiger partial charge in [0.2, 0.25) is 0 Å². The molecule has 8 nitrogen and oxygen atoms in total. The van der Waals surface area contributed by atoms with E-state index in [1.165, 1.54) is 18.9 Å². The molecule has 0 saturated heterocycles. The van der Waals surface area contributed by atoms with E-state index in [-0.39, 0.29) is 18.3 Å². The number of ether oxygens (including phenoxy) is 1. The fourth-order valence-corrected chi connectivity index (χ4v) is 3.00. The van der Waals surface area contributed by atoms with Gasteiger partial charge in [0.25, 0.3) is 5.91 Å². The summed E-state index contributed by atoms with van der Waals surface area (Å²) in [6.07, 6.45) is 5.53. The fourth-order valence-electron chi connectivity index (χ4n) is 3.00. The van der Waals surface area contributed by atoms with Crippen LogP contribution in [0.15, 0.2) is 30.3 Å². The molecule has 0 aliphatic heterocycles. The van der Waals surface area contributed by atoms with Gasteiger partial charge in [-0.05, 0) is 49.9 Å². The van der Waals surface area contributed by atoms with Crippen LogP contribution in [0, 0.1) is 0 Å². The standard InChI is InChI=1S/C19H23N5O3/c20-10-13(11-25)22-17-9-16(18(21)26)23-19(24-17)12-5-7-15(8-6-12)27-14-3-1-2-4-14/h5-9,11,13-14H,1-4,10,20H2,(H2,21,26)(H,22,23,24)/t13-/m0/s1. The van der Waals surface area contributed by atoms with Gasteiger partial charge in [-0.1, -0.05) is 0 Å². The number of rotatable bonds is 8. The first-order valence-electron chi connectivity index (χ1n) is 8.97. The first-order chi connectivity index (χ1) is 13.1. The number of benzene rings is 1. The largest absolute Gasteiger partial charge is 0.490 e. The Morgan fingerprint density at radius 1 is 1.26 bits per heavy atom. The van der Waals surface area contributed by atoms with Crippen molar-refractivity contribution in [3.05, 3.63) is 36.0 Å². The molecule has 2 aromatic rings. The third kappa shape index (κ3) is 4.79. The van der Waals surface area contributed by atoms with Crippen LogP contribution in [0.5, 0.6) is 5.75 Å². The Morgan fingerprint density at radius 2 is 1.96 bits per heavy atom. The molecule has 0 radical (unpaired) electrons. The number of nitrogens with zero attached hydrogens (tertiary/aromatic N) is 2. The summed E-state index contributed by atoms with van der Waals surface area (Å²) in [6.45, 7) is 0.0992. The van der Waals surface area contributed by atoms with E-state index in [0.29, 0.717) is 23.5 Å². The molecule has 0 bridgehead atoms. The van der Waals surface area contributed by atoms with Gasteiger partial charge >= 0.3 is 0 Å². The summed E-state index contributed by atoms with van der Waals surface area (Å²) >= 11 is 0. The Bertz CT molecular complexity index is 803. The normalized spacial score (nSPS) is 15.3. The zero-order valence-corrected chi connectivity index (χ0v) is 14.9. The quantitative estimate of drug-likeness (QED) is 0.600. The van der Waals surface area contributed by atoms with Gasteiger partial charge in [0.1, 0.15) is 23.5 Å². The van der Waals surface area contributed by atoms with Gasteiger partial charge < -0.3 is 26.3 Å². The molecule has 5 N–H and O–H groups in total. The average molecular weight is 369 g/mol. The van der Waals surface area contributed by atoms with E-state index in [0.717, 1.165) is 18.6 Å². The highest BCUT2D eigenvalue weighted by molar-refractivity contribution is 5.92. The van der Waals surface area contributed by atoms with Crippen LogP contribution in [0.4, 0.5) is 5.82 Å². The second-order valence-electron chi connectivity index (χ2n) is 6.50. The van der Waals surface area contributed by atoms with Gasteiger partial charge in [-0.25, -0.2) is 9.97 Å². The van der Waals surface area contributed by atoms with Crippen molar-refractivity contribution >= 4 is 18.0 Å². The van der Waals surface area contributed by atoms with E-state index in [2.05, 4.69) is 15.3 Å². The number of nitrogens with two attached hydrogens (primary N) is 2. The van der Waals surface area contributed by atoms with E-state index in [4.69, 9.17) is 16.2 Å². The van der Waals surface area contributed by atoms with Crippen molar-refractivity contribution < 1.29 is 14.3 Å². The highest BCUT2D eigenvalue weighted by atomic mass is 16.5. The molecule has 1 amide bonds. The lowest BCUT2D eigenvalue weighted by molar-refractivity contribution is -0.108. The molecule has 1 aromatic heterocycles. The Morgan fingerprint density at radius 3 is 2.56 bits per heavy atom. The van der Waals surface area contributed by atoms with Crippen LogP contribution in [0.25, 0.3) is 11.4 Å². The van der Waals surface area contributed by atoms with Crippen molar-refractivity contribution in [3.63, 3.8) is 0 Å². The van der Waals surface area contributed by atoms with Crippen LogP contribution in [-0.4, -0.2) is 40.9 Å². The van der Waals surface area contributed by atoms with E-state index >= 15 is 0 Å². The molecule has 1 aromatic carbocycles. The maximum atomic E-state index is 11.6. The summed E-state index contributed by atoms with van der Waals surface area (Å²) in [5, 5.41) is 2.87. The van der Waals surface area contributed by atoms with Crippen molar-refractivity contribution in [1.82, 2.24) is 9.97 Å². The molecular formula is C19H23N5O3. The highest BCUT2D eigenvalue weighted by Crippen LogP contribution is 2.26. The Balaban J connectivity index is 1.84. The van der Waals surface area contributed by atoms with E-state index in [9.17, 15) is 9.59 Å². The fraction of sp³-hybridized carbons (Fsp3) is 0.368. The maximum Gasteiger partial charge on any atom is 0.267 e. The SMILES string of the molecule is NC[C@@H](C=O)Nc1cc(C(N)=O)nc(-c2ccc(OC3CCCC3)cc2)n1. The molecule has 27 heavy (non-hydrogen) atoms. The molecule has 1 aliphatic rings. The van der Waals surface area contributed by atoms with Crippen LogP contribution < -0.4 is 21.5 Å². The first kappa shape index (κ1) is 18.8. The van der Waals surface area contributed by atoms with E-state index in [1.54, 1.807) is 0 Å². The second-order valence-corrected chi connectivity index (χ2v) is 6.50. The van der Waals surface area contributed by atoms with Crippen molar-refractivity contribution in [2.75, 3.05) is 11.9 Å². The third-order valence-electron chi connectivity index (χ3n) is 4.45. The number of amides is 1. The predicted octanol–water partition coefficient (Wildman–Crippen LogP) is 1.50. The summed E-state index contributed by atoms with van der Waals surface area (Å²) in [6, 6.07) is 8.15. The minimum Gasteiger partial charge on any atom is -0.490 e. The van der Waals surface area contributed by atoms with Gasteiger partial charge in [-0.3, -0.25) is 4.79 Å². The summed E-state index contributed by atoms with van der Waals surface area (Å²) < 4.78 is 5.95. The molecule has 3 rings (SSSR count). The lowest BCUT2D eigenvalue weighted by Crippen LogP contribution is -2.30. The number of carbonyl (C=O) groups excluding carboxylic acids is 2. The summed E-state index contributed by atoms with van der Waals surface area (Å²) in [4.78, 5) is 31.2. The van der Waals surface area contributed by atoms with Gasteiger partial charge in [0.15, 0.2) is 5.82 Å². The Hall–Kier alpha value is -3.00. The molecule has 0 spiro atoms. The van der Waals surface area contributed by atoms with Gasteiger partial charge in [-0.15, -0.1) is 0 Å². The number of nitrogens with one attached hydrogen (secondary N) is 1. The Kier molecular flexibility index (Phi) is 5.97. The van der Waals surface area contributed by atoms with Gasteiger partial charge in [-0.2, -0.15) is 0 Å². The van der Waals surface area contributed by atoms with Gasteiger partial charge in [0, 0.05) is 18.2 Å². The monoisotopic (exact) mass is 369 g/mol. The minimum absolute atomic E-state index is 0.0513. The van der Waals surface area contributed by atoms with Crippen molar-refractivity contribution in [2.24, 2.45) is 11.5 Å². The van der Waals surface area contributed by atoms with E-state index in [1.807, 2.05) is 24.3 Å². The van der Waals surface area contributed by atoms with Gasteiger partial charge in [0.05, 0.1) is 12.1 Å². The molecule has 1 saturated carbocycles. The lowest BCUT2D eigenvalue weighted by atomic mass is 10.2. The molecule has 1 atom stereocenters. The van der Waals surface area contributed by atoms with Crippen LogP contribution in [-0.2, 0) is 4.79 Å². The minimum atomic E-state index is -0.682. The Labute approximate surface area is 157 Å². The van der Waals surface area contributed by atoms with Crippen LogP contribution in [0.3, 0.4) is 0 Å². The van der Waals surface area contributed by atoms with Crippen molar-refractivity contribution in [2.45, 2.75) is 37.8 Å². The third-order valence-corrected chi connectivity index (χ3v) is 4.45. The highest BCUT2D eigenvalue weighted by Gasteiger charge is 2.17. The first-order valence-corrected chi connectivity index (χ1v) is 8.97. The van der Waals surface area contributed by atoms with Crippen molar-refractivity contribution in [1.29, 1.82) is 0 Å². The molecule has 1 aliphatic carbocycles. The molecule has 1 fully saturated rings.